The quantitative estimate of drug-likeness (QED) is 0.855. The van der Waals surface area contributed by atoms with Crippen LogP contribution >= 0.6 is 0 Å². The minimum atomic E-state index is -0.140. The molecule has 5 heteroatoms. The average molecular weight is 304 g/mol. The summed E-state index contributed by atoms with van der Waals surface area (Å²) in [4.78, 5) is 18.5. The molecule has 0 bridgehead atoms. The minimum Gasteiger partial charge on any atom is -0.385 e. The van der Waals surface area contributed by atoms with Crippen LogP contribution in [0.3, 0.4) is 0 Å². The van der Waals surface area contributed by atoms with E-state index in [0.717, 1.165) is 45.4 Å². The highest BCUT2D eigenvalue weighted by Gasteiger charge is 2.44. The number of pyridine rings is 1. The summed E-state index contributed by atoms with van der Waals surface area (Å²) in [7, 11) is 1.74. The van der Waals surface area contributed by atoms with Gasteiger partial charge in [-0.1, -0.05) is 0 Å². The van der Waals surface area contributed by atoms with Crippen LogP contribution in [-0.4, -0.2) is 54.8 Å². The number of likely N-dealkylation sites (tertiary alicyclic amines) is 1. The first-order valence-electron chi connectivity index (χ1n) is 8.05. The fraction of sp³-hybridized carbons (Fsp3) is 0.647. The summed E-state index contributed by atoms with van der Waals surface area (Å²) in [5, 5.41) is 0. The van der Waals surface area contributed by atoms with Crippen LogP contribution in [0.4, 0.5) is 0 Å². The number of carbonyl (C=O) groups excluding carboxylic acids is 1. The van der Waals surface area contributed by atoms with Crippen LogP contribution in [0, 0.1) is 5.92 Å². The Hall–Kier alpha value is -1.46. The van der Waals surface area contributed by atoms with Gasteiger partial charge in [0.1, 0.15) is 0 Å². The molecular weight excluding hydrogens is 280 g/mol. The lowest BCUT2D eigenvalue weighted by Crippen LogP contribution is -2.50. The normalized spacial score (nSPS) is 28.2. The topological polar surface area (TPSA) is 51.7 Å². The molecule has 1 spiro atoms. The van der Waals surface area contributed by atoms with Crippen molar-refractivity contribution in [3.63, 3.8) is 0 Å². The number of piperidine rings is 1. The lowest BCUT2D eigenvalue weighted by atomic mass is 9.85. The van der Waals surface area contributed by atoms with Crippen LogP contribution in [0.2, 0.25) is 0 Å². The largest absolute Gasteiger partial charge is 0.385 e. The Morgan fingerprint density at radius 2 is 2.32 bits per heavy atom. The summed E-state index contributed by atoms with van der Waals surface area (Å²) >= 11 is 0. The zero-order valence-corrected chi connectivity index (χ0v) is 13.2. The summed E-state index contributed by atoms with van der Waals surface area (Å²) in [6, 6.07) is 3.56. The van der Waals surface area contributed by atoms with Crippen molar-refractivity contribution in [2.75, 3.05) is 33.4 Å². The molecule has 22 heavy (non-hydrogen) atoms. The van der Waals surface area contributed by atoms with Crippen LogP contribution < -0.4 is 0 Å². The molecule has 2 fully saturated rings. The Morgan fingerprint density at radius 1 is 1.50 bits per heavy atom. The SMILES string of the molecule is COCC[C@@H]1CO[C@@]2(CCCN(C(=O)c3ccncc3)C2)C1. The van der Waals surface area contributed by atoms with E-state index in [-0.39, 0.29) is 11.5 Å². The van der Waals surface area contributed by atoms with Crippen molar-refractivity contribution >= 4 is 5.91 Å². The van der Waals surface area contributed by atoms with Gasteiger partial charge in [0.05, 0.1) is 12.2 Å². The van der Waals surface area contributed by atoms with Crippen LogP contribution in [0.15, 0.2) is 24.5 Å². The first-order chi connectivity index (χ1) is 10.7. The molecule has 2 atom stereocenters. The van der Waals surface area contributed by atoms with E-state index >= 15 is 0 Å². The highest BCUT2D eigenvalue weighted by atomic mass is 16.5. The number of hydrogen-bond donors (Lipinski definition) is 0. The molecule has 1 aromatic rings. The lowest BCUT2D eigenvalue weighted by Gasteiger charge is -2.39. The predicted octanol–water partition coefficient (Wildman–Crippen LogP) is 2.13. The Balaban J connectivity index is 1.64. The second kappa shape index (κ2) is 6.75. The second-order valence-electron chi connectivity index (χ2n) is 6.41. The first-order valence-corrected chi connectivity index (χ1v) is 8.05. The highest BCUT2D eigenvalue weighted by molar-refractivity contribution is 5.94. The van der Waals surface area contributed by atoms with E-state index in [9.17, 15) is 4.79 Å². The van der Waals surface area contributed by atoms with Crippen LogP contribution in [0.5, 0.6) is 0 Å². The van der Waals surface area contributed by atoms with Gasteiger partial charge in [-0.15, -0.1) is 0 Å². The molecule has 0 aliphatic carbocycles. The molecule has 0 aromatic carbocycles. The molecule has 2 saturated heterocycles. The standard InChI is InChI=1S/C17H24N2O3/c1-21-10-5-14-11-17(22-12-14)6-2-9-19(13-17)16(20)15-3-7-18-8-4-15/h3-4,7-8,14H,2,5-6,9-13H2,1H3/t14-,17-/m0/s1. The Bertz CT molecular complexity index is 508. The molecule has 3 rings (SSSR count). The number of nitrogens with zero attached hydrogens (tertiary/aromatic N) is 2. The molecule has 5 nitrogen and oxygen atoms in total. The van der Waals surface area contributed by atoms with Gasteiger partial charge in [-0.3, -0.25) is 9.78 Å². The minimum absolute atomic E-state index is 0.0883. The monoisotopic (exact) mass is 304 g/mol. The van der Waals surface area contributed by atoms with Gasteiger partial charge in [0.25, 0.3) is 5.91 Å². The third kappa shape index (κ3) is 3.31. The number of methoxy groups -OCH3 is 1. The fourth-order valence-electron chi connectivity index (χ4n) is 3.64. The maximum Gasteiger partial charge on any atom is 0.254 e. The number of carbonyl (C=O) groups is 1. The van der Waals surface area contributed by atoms with E-state index in [1.54, 1.807) is 31.6 Å². The molecule has 0 N–H and O–H groups in total. The van der Waals surface area contributed by atoms with E-state index in [2.05, 4.69) is 4.98 Å². The third-order valence-electron chi connectivity index (χ3n) is 4.77. The van der Waals surface area contributed by atoms with E-state index in [0.29, 0.717) is 18.0 Å². The number of amides is 1. The van der Waals surface area contributed by atoms with Crippen molar-refractivity contribution in [3.05, 3.63) is 30.1 Å². The molecular formula is C17H24N2O3. The van der Waals surface area contributed by atoms with Crippen LogP contribution in [0.25, 0.3) is 0 Å². The van der Waals surface area contributed by atoms with Gasteiger partial charge in [0.15, 0.2) is 0 Å². The fourth-order valence-corrected chi connectivity index (χ4v) is 3.64. The molecule has 2 aliphatic heterocycles. The molecule has 1 amide bonds. The molecule has 0 saturated carbocycles. The Morgan fingerprint density at radius 3 is 3.09 bits per heavy atom. The summed E-state index contributed by atoms with van der Waals surface area (Å²) in [6.07, 6.45) is 7.47. The Kier molecular flexibility index (Phi) is 4.74. The van der Waals surface area contributed by atoms with E-state index in [1.807, 2.05) is 4.90 Å². The molecule has 2 aliphatic rings. The zero-order chi connectivity index (χ0) is 15.4. The van der Waals surface area contributed by atoms with Crippen molar-refractivity contribution < 1.29 is 14.3 Å². The van der Waals surface area contributed by atoms with Gasteiger partial charge >= 0.3 is 0 Å². The van der Waals surface area contributed by atoms with Crippen molar-refractivity contribution in [1.82, 2.24) is 9.88 Å². The Labute approximate surface area is 131 Å². The van der Waals surface area contributed by atoms with Crippen molar-refractivity contribution in [1.29, 1.82) is 0 Å². The number of hydrogen-bond acceptors (Lipinski definition) is 4. The maximum absolute atomic E-state index is 12.6. The van der Waals surface area contributed by atoms with Gasteiger partial charge in [0.2, 0.25) is 0 Å². The van der Waals surface area contributed by atoms with E-state index in [4.69, 9.17) is 9.47 Å². The lowest BCUT2D eigenvalue weighted by molar-refractivity contribution is -0.0450. The van der Waals surface area contributed by atoms with Crippen molar-refractivity contribution in [2.24, 2.45) is 5.92 Å². The average Bonchev–Trinajstić information content (AvgIpc) is 2.95. The number of aromatic nitrogens is 1. The molecule has 0 radical (unpaired) electrons. The van der Waals surface area contributed by atoms with E-state index in [1.165, 1.54) is 0 Å². The molecule has 1 aromatic heterocycles. The summed E-state index contributed by atoms with van der Waals surface area (Å²) in [5.41, 5.74) is 0.570. The first kappa shape index (κ1) is 15.4. The predicted molar refractivity (Wildman–Crippen MR) is 82.7 cm³/mol. The summed E-state index contributed by atoms with van der Waals surface area (Å²) < 4.78 is 11.3. The molecule has 120 valence electrons. The third-order valence-corrected chi connectivity index (χ3v) is 4.77. The highest BCUT2D eigenvalue weighted by Crippen LogP contribution is 2.38. The number of ether oxygens (including phenoxy) is 2. The van der Waals surface area contributed by atoms with Crippen LogP contribution in [0.1, 0.15) is 36.0 Å². The zero-order valence-electron chi connectivity index (χ0n) is 13.2. The van der Waals surface area contributed by atoms with Crippen molar-refractivity contribution in [2.45, 2.75) is 31.3 Å². The summed E-state index contributed by atoms with van der Waals surface area (Å²) in [5.74, 6) is 0.640. The van der Waals surface area contributed by atoms with E-state index < -0.39 is 0 Å². The molecule has 0 unspecified atom stereocenters. The second-order valence-corrected chi connectivity index (χ2v) is 6.41. The molecule has 3 heterocycles. The number of rotatable bonds is 4. The van der Waals surface area contributed by atoms with Crippen LogP contribution in [-0.2, 0) is 9.47 Å². The summed E-state index contributed by atoms with van der Waals surface area (Å²) in [6.45, 7) is 3.09. The van der Waals surface area contributed by atoms with Crippen molar-refractivity contribution in [3.8, 4) is 0 Å². The van der Waals surface area contributed by atoms with Gasteiger partial charge in [-0.2, -0.15) is 0 Å². The smallest absolute Gasteiger partial charge is 0.254 e. The van der Waals surface area contributed by atoms with Gasteiger partial charge in [-0.05, 0) is 43.7 Å². The van der Waals surface area contributed by atoms with Gasteiger partial charge in [-0.25, -0.2) is 0 Å². The maximum atomic E-state index is 12.6. The van der Waals surface area contributed by atoms with Gasteiger partial charge in [0, 0.05) is 44.8 Å². The van der Waals surface area contributed by atoms with Gasteiger partial charge < -0.3 is 14.4 Å².